The van der Waals surface area contributed by atoms with Crippen molar-refractivity contribution < 1.29 is 9.18 Å². The fraction of sp³-hybridized carbons (Fsp3) is 0.533. The van der Waals surface area contributed by atoms with Gasteiger partial charge in [0.2, 0.25) is 5.91 Å². The summed E-state index contributed by atoms with van der Waals surface area (Å²) in [5.41, 5.74) is 0.668. The molecule has 0 N–H and O–H groups in total. The zero-order valence-corrected chi connectivity index (χ0v) is 11.6. The summed E-state index contributed by atoms with van der Waals surface area (Å²) in [5, 5.41) is 0. The van der Waals surface area contributed by atoms with Crippen LogP contribution in [0.25, 0.3) is 0 Å². The first kappa shape index (κ1) is 14.0. The number of carbonyl (C=O) groups is 1. The molecule has 1 saturated heterocycles. The molecule has 104 valence electrons. The molecule has 1 aliphatic heterocycles. The van der Waals surface area contributed by atoms with E-state index in [0.29, 0.717) is 12.2 Å². The number of amides is 1. The molecular formula is C15H21FN2O. The van der Waals surface area contributed by atoms with Crippen LogP contribution in [0.4, 0.5) is 10.1 Å². The van der Waals surface area contributed by atoms with Gasteiger partial charge in [-0.1, -0.05) is 19.9 Å². The van der Waals surface area contributed by atoms with E-state index >= 15 is 0 Å². The minimum absolute atomic E-state index is 0.0629. The van der Waals surface area contributed by atoms with Gasteiger partial charge in [0.15, 0.2) is 0 Å². The molecule has 1 amide bonds. The van der Waals surface area contributed by atoms with Gasteiger partial charge in [0, 0.05) is 12.2 Å². The van der Waals surface area contributed by atoms with Crippen molar-refractivity contribution in [3.63, 3.8) is 0 Å². The highest BCUT2D eigenvalue weighted by Gasteiger charge is 2.32. The predicted molar refractivity (Wildman–Crippen MR) is 74.7 cm³/mol. The molecule has 1 aromatic rings. The zero-order valence-electron chi connectivity index (χ0n) is 11.6. The molecule has 1 atom stereocenters. The summed E-state index contributed by atoms with van der Waals surface area (Å²) in [6.45, 7) is 6.55. The highest BCUT2D eigenvalue weighted by Crippen LogP contribution is 2.24. The standard InChI is InChI=1S/C15H21FN2O/c1-3-17(4-2)14-9-6-10-18(15(14)19)13-8-5-7-12(16)11-13/h5,7-8,11,14H,3-4,6,9-10H2,1-2H3. The van der Waals surface area contributed by atoms with Crippen LogP contribution in [-0.2, 0) is 4.79 Å². The highest BCUT2D eigenvalue weighted by atomic mass is 19.1. The molecule has 0 bridgehead atoms. The summed E-state index contributed by atoms with van der Waals surface area (Å²) in [5.74, 6) is -0.198. The number of nitrogens with zero attached hydrogens (tertiary/aromatic N) is 2. The molecule has 1 aromatic carbocycles. The third-order valence-electron chi connectivity index (χ3n) is 3.78. The third-order valence-corrected chi connectivity index (χ3v) is 3.78. The normalized spacial score (nSPS) is 20.1. The van der Waals surface area contributed by atoms with Crippen LogP contribution in [0.2, 0.25) is 0 Å². The van der Waals surface area contributed by atoms with E-state index in [4.69, 9.17) is 0 Å². The first-order valence-corrected chi connectivity index (χ1v) is 6.98. The summed E-state index contributed by atoms with van der Waals surface area (Å²) in [7, 11) is 0. The van der Waals surface area contributed by atoms with Crippen LogP contribution >= 0.6 is 0 Å². The average molecular weight is 264 g/mol. The maximum atomic E-state index is 13.3. The molecule has 0 radical (unpaired) electrons. The molecule has 1 fully saturated rings. The van der Waals surface area contributed by atoms with E-state index in [1.165, 1.54) is 12.1 Å². The molecule has 0 spiro atoms. The largest absolute Gasteiger partial charge is 0.311 e. The van der Waals surface area contributed by atoms with E-state index in [9.17, 15) is 9.18 Å². The van der Waals surface area contributed by atoms with Gasteiger partial charge in [-0.05, 0) is 44.1 Å². The molecular weight excluding hydrogens is 243 g/mol. The van der Waals surface area contributed by atoms with Gasteiger partial charge in [0.1, 0.15) is 5.82 Å². The Morgan fingerprint density at radius 1 is 1.37 bits per heavy atom. The van der Waals surface area contributed by atoms with Crippen LogP contribution in [-0.4, -0.2) is 36.5 Å². The molecule has 0 aromatic heterocycles. The molecule has 0 aliphatic carbocycles. The van der Waals surface area contributed by atoms with E-state index in [-0.39, 0.29) is 17.8 Å². The minimum Gasteiger partial charge on any atom is -0.311 e. The van der Waals surface area contributed by atoms with Gasteiger partial charge in [0.25, 0.3) is 0 Å². The second-order valence-corrected chi connectivity index (χ2v) is 4.85. The fourth-order valence-electron chi connectivity index (χ4n) is 2.76. The Morgan fingerprint density at radius 2 is 2.11 bits per heavy atom. The number of likely N-dealkylation sites (N-methyl/N-ethyl adjacent to an activating group) is 1. The smallest absolute Gasteiger partial charge is 0.244 e. The third kappa shape index (κ3) is 2.95. The summed E-state index contributed by atoms with van der Waals surface area (Å²) in [6.07, 6.45) is 1.86. The van der Waals surface area contributed by atoms with Crippen molar-refractivity contribution in [1.29, 1.82) is 0 Å². The van der Waals surface area contributed by atoms with Crippen molar-refractivity contribution in [1.82, 2.24) is 4.90 Å². The second-order valence-electron chi connectivity index (χ2n) is 4.85. The number of rotatable bonds is 4. The Kier molecular flexibility index (Phi) is 4.53. The first-order valence-electron chi connectivity index (χ1n) is 6.98. The van der Waals surface area contributed by atoms with Gasteiger partial charge in [-0.2, -0.15) is 0 Å². The van der Waals surface area contributed by atoms with Crippen molar-refractivity contribution in [3.05, 3.63) is 30.1 Å². The molecule has 3 nitrogen and oxygen atoms in total. The van der Waals surface area contributed by atoms with Gasteiger partial charge in [-0.3, -0.25) is 9.69 Å². The van der Waals surface area contributed by atoms with Crippen LogP contribution in [0.3, 0.4) is 0 Å². The quantitative estimate of drug-likeness (QED) is 0.834. The monoisotopic (exact) mass is 264 g/mol. The summed E-state index contributed by atoms with van der Waals surface area (Å²) >= 11 is 0. The van der Waals surface area contributed by atoms with Crippen molar-refractivity contribution in [2.24, 2.45) is 0 Å². The molecule has 1 aliphatic rings. The Balaban J connectivity index is 2.20. The topological polar surface area (TPSA) is 23.6 Å². The molecule has 1 heterocycles. The molecule has 1 unspecified atom stereocenters. The highest BCUT2D eigenvalue weighted by molar-refractivity contribution is 5.97. The Morgan fingerprint density at radius 3 is 2.74 bits per heavy atom. The second kappa shape index (κ2) is 6.15. The van der Waals surface area contributed by atoms with Gasteiger partial charge < -0.3 is 4.90 Å². The zero-order chi connectivity index (χ0) is 13.8. The van der Waals surface area contributed by atoms with Gasteiger partial charge >= 0.3 is 0 Å². The van der Waals surface area contributed by atoms with Crippen molar-refractivity contribution in [2.75, 3.05) is 24.5 Å². The fourth-order valence-corrected chi connectivity index (χ4v) is 2.76. The number of piperidine rings is 1. The lowest BCUT2D eigenvalue weighted by Gasteiger charge is -2.37. The van der Waals surface area contributed by atoms with Crippen LogP contribution in [0.1, 0.15) is 26.7 Å². The summed E-state index contributed by atoms with van der Waals surface area (Å²) in [4.78, 5) is 16.5. The van der Waals surface area contributed by atoms with Crippen molar-refractivity contribution >= 4 is 11.6 Å². The Hall–Kier alpha value is -1.42. The molecule has 2 rings (SSSR count). The van der Waals surface area contributed by atoms with Crippen molar-refractivity contribution in [2.45, 2.75) is 32.7 Å². The summed E-state index contributed by atoms with van der Waals surface area (Å²) in [6, 6.07) is 6.22. The number of benzene rings is 1. The number of anilines is 1. The van der Waals surface area contributed by atoms with E-state index in [1.807, 2.05) is 0 Å². The lowest BCUT2D eigenvalue weighted by atomic mass is 10.0. The minimum atomic E-state index is -0.296. The average Bonchev–Trinajstić information content (AvgIpc) is 2.42. The van der Waals surface area contributed by atoms with Gasteiger partial charge in [-0.25, -0.2) is 4.39 Å². The SMILES string of the molecule is CCN(CC)C1CCCN(c2cccc(F)c2)C1=O. The van der Waals surface area contributed by atoms with Crippen LogP contribution in [0.15, 0.2) is 24.3 Å². The molecule has 19 heavy (non-hydrogen) atoms. The first-order chi connectivity index (χ1) is 9.17. The van der Waals surface area contributed by atoms with Crippen LogP contribution in [0, 0.1) is 5.82 Å². The van der Waals surface area contributed by atoms with Crippen LogP contribution in [0.5, 0.6) is 0 Å². The lowest BCUT2D eigenvalue weighted by molar-refractivity contribution is -0.125. The van der Waals surface area contributed by atoms with E-state index in [1.54, 1.807) is 17.0 Å². The number of hydrogen-bond donors (Lipinski definition) is 0. The summed E-state index contributed by atoms with van der Waals surface area (Å²) < 4.78 is 13.3. The van der Waals surface area contributed by atoms with E-state index in [2.05, 4.69) is 18.7 Å². The molecule has 4 heteroatoms. The van der Waals surface area contributed by atoms with Crippen LogP contribution < -0.4 is 4.90 Å². The van der Waals surface area contributed by atoms with Crippen molar-refractivity contribution in [3.8, 4) is 0 Å². The number of halogens is 1. The maximum Gasteiger partial charge on any atom is 0.244 e. The maximum absolute atomic E-state index is 13.3. The Bertz CT molecular complexity index is 446. The predicted octanol–water partition coefficient (Wildman–Crippen LogP) is 2.66. The Labute approximate surface area is 114 Å². The number of hydrogen-bond acceptors (Lipinski definition) is 2. The lowest BCUT2D eigenvalue weighted by Crippen LogP contribution is -2.52. The van der Waals surface area contributed by atoms with Gasteiger partial charge in [-0.15, -0.1) is 0 Å². The molecule has 0 saturated carbocycles. The van der Waals surface area contributed by atoms with E-state index < -0.39 is 0 Å². The number of carbonyl (C=O) groups excluding carboxylic acids is 1. The van der Waals surface area contributed by atoms with Gasteiger partial charge in [0.05, 0.1) is 6.04 Å². The van der Waals surface area contributed by atoms with E-state index in [0.717, 1.165) is 25.9 Å².